The third kappa shape index (κ3) is 6.36. The van der Waals surface area contributed by atoms with Gasteiger partial charge in [-0.05, 0) is 24.3 Å². The van der Waals surface area contributed by atoms with Gasteiger partial charge in [0.2, 0.25) is 16.0 Å². The lowest BCUT2D eigenvalue weighted by molar-refractivity contribution is 0.416. The molecule has 0 saturated carbocycles. The van der Waals surface area contributed by atoms with Crippen LogP contribution in [0, 0.1) is 5.82 Å². The van der Waals surface area contributed by atoms with Crippen LogP contribution in [0.1, 0.15) is 0 Å². The summed E-state index contributed by atoms with van der Waals surface area (Å²) in [5, 5.41) is 5.85. The van der Waals surface area contributed by atoms with E-state index < -0.39 is 26.6 Å². The van der Waals surface area contributed by atoms with E-state index in [1.54, 1.807) is 31.4 Å². The first-order chi connectivity index (χ1) is 16.7. The van der Waals surface area contributed by atoms with Crippen molar-refractivity contribution in [2.75, 3.05) is 58.2 Å². The minimum Gasteiger partial charge on any atom is -0.494 e. The molecule has 0 unspecified atom stereocenters. The number of nitrogens with zero attached hydrogens (tertiary/aromatic N) is 3. The number of hydrogen-bond donors (Lipinski definition) is 3. The molecule has 0 aliphatic carbocycles. The fraction of sp³-hybridized carbons (Fsp3) is 0.273. The van der Waals surface area contributed by atoms with Gasteiger partial charge in [-0.1, -0.05) is 12.1 Å². The molecule has 10 nitrogen and oxygen atoms in total. The zero-order valence-corrected chi connectivity index (χ0v) is 20.7. The summed E-state index contributed by atoms with van der Waals surface area (Å²) in [5.74, 6) is 1.06. The highest BCUT2D eigenvalue weighted by Gasteiger charge is 2.18. The number of sulfonamides is 1. The van der Waals surface area contributed by atoms with Gasteiger partial charge >= 0.3 is 0 Å². The van der Waals surface area contributed by atoms with Crippen LogP contribution in [0.15, 0.2) is 48.7 Å². The molecule has 3 aromatic rings. The molecular weight excluding hydrogens is 495 g/mol. The number of nitrogens with one attached hydrogen (secondary N) is 3. The van der Waals surface area contributed by atoms with Gasteiger partial charge in [0.15, 0.2) is 11.6 Å². The van der Waals surface area contributed by atoms with E-state index in [-0.39, 0.29) is 17.5 Å². The number of hydrogen-bond acceptors (Lipinski definition) is 9. The molecule has 35 heavy (non-hydrogen) atoms. The van der Waals surface area contributed by atoms with Crippen molar-refractivity contribution in [3.63, 3.8) is 0 Å². The second kappa shape index (κ2) is 10.4. The molecule has 0 amide bonds. The quantitative estimate of drug-likeness (QED) is 0.411. The highest BCUT2D eigenvalue weighted by Crippen LogP contribution is 2.33. The summed E-state index contributed by atoms with van der Waals surface area (Å²) < 4.78 is 57.3. The van der Waals surface area contributed by atoms with Gasteiger partial charge in [-0.2, -0.15) is 4.98 Å². The predicted octanol–water partition coefficient (Wildman–Crippen LogP) is 3.05. The number of rotatable bonds is 8. The summed E-state index contributed by atoms with van der Waals surface area (Å²) in [4.78, 5) is 10.4. The average molecular weight is 521 g/mol. The lowest BCUT2D eigenvalue weighted by Gasteiger charge is -2.29. The summed E-state index contributed by atoms with van der Waals surface area (Å²) in [7, 11) is -2.76. The van der Waals surface area contributed by atoms with Gasteiger partial charge in [0.1, 0.15) is 5.75 Å². The van der Waals surface area contributed by atoms with Crippen molar-refractivity contribution in [1.82, 2.24) is 9.97 Å². The fourth-order valence-corrected chi connectivity index (χ4v) is 5.15. The lowest BCUT2D eigenvalue weighted by Crippen LogP contribution is -2.37. The molecule has 1 fully saturated rings. The summed E-state index contributed by atoms with van der Waals surface area (Å²) in [5.41, 5.74) is 2.10. The first kappa shape index (κ1) is 24.7. The molecule has 2 aromatic carbocycles. The standard InChI is InChI=1S/C22H25FN6O4S2/c1-33-20-13-15(29-9-11-34(30)12-10-29)7-8-19(20)26-22-24-14-16(23)21(27-22)25-17-5-3-4-6-18(17)28-35(2,31)32/h3-8,13-14,28H,9-12H2,1-2H3,(H2,24,25,26,27). The number of ether oxygens (including phenoxy) is 1. The van der Waals surface area contributed by atoms with Crippen LogP contribution in [0.25, 0.3) is 0 Å². The average Bonchev–Trinajstić information content (AvgIpc) is 2.82. The monoisotopic (exact) mass is 520 g/mol. The van der Waals surface area contributed by atoms with Crippen LogP contribution in [0.3, 0.4) is 0 Å². The van der Waals surface area contributed by atoms with Gasteiger partial charge in [0.05, 0.1) is 36.6 Å². The normalized spacial score (nSPS) is 14.4. The summed E-state index contributed by atoms with van der Waals surface area (Å²) in [6.45, 7) is 1.41. The predicted molar refractivity (Wildman–Crippen MR) is 137 cm³/mol. The van der Waals surface area contributed by atoms with Gasteiger partial charge in [-0.25, -0.2) is 17.8 Å². The Morgan fingerprint density at radius 1 is 1.06 bits per heavy atom. The second-order valence-corrected chi connectivity index (χ2v) is 11.2. The van der Waals surface area contributed by atoms with Gasteiger partial charge < -0.3 is 20.3 Å². The summed E-state index contributed by atoms with van der Waals surface area (Å²) in [6.07, 6.45) is 2.04. The van der Waals surface area contributed by atoms with E-state index in [4.69, 9.17) is 4.74 Å². The molecule has 1 aliphatic heterocycles. The molecule has 2 heterocycles. The molecule has 3 N–H and O–H groups in total. The van der Waals surface area contributed by atoms with Crippen LogP contribution in [0.4, 0.5) is 38.9 Å². The van der Waals surface area contributed by atoms with Crippen molar-refractivity contribution in [3.05, 3.63) is 54.5 Å². The Morgan fingerprint density at radius 2 is 1.77 bits per heavy atom. The first-order valence-corrected chi connectivity index (χ1v) is 14.0. The Morgan fingerprint density at radius 3 is 2.46 bits per heavy atom. The van der Waals surface area contributed by atoms with E-state index in [0.717, 1.165) is 18.1 Å². The molecule has 1 saturated heterocycles. The molecule has 186 valence electrons. The molecule has 0 bridgehead atoms. The molecule has 1 aliphatic rings. The Hall–Kier alpha value is -3.45. The SMILES string of the molecule is COc1cc(N2CCS(=O)CC2)ccc1Nc1ncc(F)c(Nc2ccccc2NS(C)(=O)=O)n1. The maximum Gasteiger partial charge on any atom is 0.229 e. The van der Waals surface area contributed by atoms with Crippen molar-refractivity contribution >= 4 is 55.3 Å². The fourth-order valence-electron chi connectivity index (χ4n) is 3.52. The molecule has 4 rings (SSSR count). The molecule has 1 aromatic heterocycles. The molecule has 0 atom stereocenters. The van der Waals surface area contributed by atoms with Crippen molar-refractivity contribution < 1.29 is 21.8 Å². The molecule has 0 radical (unpaired) electrons. The number of aromatic nitrogens is 2. The van der Waals surface area contributed by atoms with Crippen molar-refractivity contribution in [2.24, 2.45) is 0 Å². The summed E-state index contributed by atoms with van der Waals surface area (Å²) in [6, 6.07) is 12.1. The van der Waals surface area contributed by atoms with Gasteiger partial charge in [0, 0.05) is 47.1 Å². The number of anilines is 6. The highest BCUT2D eigenvalue weighted by atomic mass is 32.2. The third-order valence-corrected chi connectivity index (χ3v) is 7.06. The maximum absolute atomic E-state index is 14.5. The van der Waals surface area contributed by atoms with E-state index in [9.17, 15) is 17.0 Å². The second-order valence-electron chi connectivity index (χ2n) is 7.78. The van der Waals surface area contributed by atoms with E-state index >= 15 is 0 Å². The van der Waals surface area contributed by atoms with Crippen LogP contribution >= 0.6 is 0 Å². The smallest absolute Gasteiger partial charge is 0.229 e. The largest absolute Gasteiger partial charge is 0.494 e. The molecule has 0 spiro atoms. The minimum absolute atomic E-state index is 0.113. The number of methoxy groups -OCH3 is 1. The summed E-state index contributed by atoms with van der Waals surface area (Å²) >= 11 is 0. The zero-order valence-electron chi connectivity index (χ0n) is 19.1. The minimum atomic E-state index is -3.53. The van der Waals surface area contributed by atoms with Crippen molar-refractivity contribution in [1.29, 1.82) is 0 Å². The van der Waals surface area contributed by atoms with E-state index in [2.05, 4.69) is 30.2 Å². The highest BCUT2D eigenvalue weighted by molar-refractivity contribution is 7.92. The lowest BCUT2D eigenvalue weighted by atomic mass is 10.2. The van der Waals surface area contributed by atoms with Gasteiger partial charge in [-0.3, -0.25) is 8.93 Å². The van der Waals surface area contributed by atoms with Crippen molar-refractivity contribution in [2.45, 2.75) is 0 Å². The number of benzene rings is 2. The zero-order chi connectivity index (χ0) is 25.0. The van der Waals surface area contributed by atoms with Gasteiger partial charge in [0.25, 0.3) is 0 Å². The van der Waals surface area contributed by atoms with Crippen LogP contribution in [0.2, 0.25) is 0 Å². The van der Waals surface area contributed by atoms with Crippen LogP contribution in [-0.2, 0) is 20.8 Å². The van der Waals surface area contributed by atoms with E-state index in [0.29, 0.717) is 41.7 Å². The maximum atomic E-state index is 14.5. The number of para-hydroxylation sites is 2. The van der Waals surface area contributed by atoms with Crippen molar-refractivity contribution in [3.8, 4) is 5.75 Å². The topological polar surface area (TPSA) is 126 Å². The molecular formula is C22H25FN6O4S2. The Labute approximate surface area is 205 Å². The first-order valence-electron chi connectivity index (χ1n) is 10.6. The Bertz CT molecular complexity index is 1350. The van der Waals surface area contributed by atoms with E-state index in [1.165, 1.54) is 0 Å². The Kier molecular flexibility index (Phi) is 7.36. The van der Waals surface area contributed by atoms with Crippen LogP contribution in [0.5, 0.6) is 5.75 Å². The van der Waals surface area contributed by atoms with Crippen LogP contribution < -0.4 is 25.0 Å². The van der Waals surface area contributed by atoms with E-state index in [1.807, 2.05) is 18.2 Å². The van der Waals surface area contributed by atoms with Gasteiger partial charge in [-0.15, -0.1) is 0 Å². The number of halogens is 1. The third-order valence-electron chi connectivity index (χ3n) is 5.19. The molecule has 13 heteroatoms. The Balaban J connectivity index is 1.55. The van der Waals surface area contributed by atoms with Crippen LogP contribution in [-0.4, -0.2) is 60.6 Å².